The van der Waals surface area contributed by atoms with E-state index in [4.69, 9.17) is 4.74 Å². The molecule has 170 valence electrons. The zero-order valence-corrected chi connectivity index (χ0v) is 18.6. The van der Waals surface area contributed by atoms with E-state index in [1.807, 2.05) is 48.7 Å². The van der Waals surface area contributed by atoms with E-state index in [0.717, 1.165) is 30.7 Å². The van der Waals surface area contributed by atoms with Gasteiger partial charge in [0.05, 0.1) is 0 Å². The van der Waals surface area contributed by atoms with Gasteiger partial charge in [-0.3, -0.25) is 4.90 Å². The Balaban J connectivity index is 1.42. The second-order valence-corrected chi connectivity index (χ2v) is 8.76. The number of hydrogen-bond donors (Lipinski definition) is 1. The lowest BCUT2D eigenvalue weighted by atomic mass is 9.94. The number of rotatable bonds is 10. The van der Waals surface area contributed by atoms with Gasteiger partial charge in [0.15, 0.2) is 0 Å². The number of benzene rings is 2. The third-order valence-corrected chi connectivity index (χ3v) is 6.25. The van der Waals surface area contributed by atoms with Gasteiger partial charge >= 0.3 is 0 Å². The first-order valence-electron chi connectivity index (χ1n) is 11.7. The van der Waals surface area contributed by atoms with Gasteiger partial charge in [0.25, 0.3) is 0 Å². The molecule has 1 aromatic heterocycles. The molecule has 0 aliphatic heterocycles. The summed E-state index contributed by atoms with van der Waals surface area (Å²) < 4.78 is 21.6. The number of ether oxygens (including phenoxy) is 1. The summed E-state index contributed by atoms with van der Waals surface area (Å²) in [5.41, 5.74) is 2.12. The largest absolute Gasteiger partial charge is 0.491 e. The molecule has 1 N–H and O–H groups in total. The number of halogens is 1. The maximum Gasteiger partial charge on any atom is 0.123 e. The van der Waals surface area contributed by atoms with Crippen molar-refractivity contribution in [2.45, 2.75) is 57.3 Å². The van der Waals surface area contributed by atoms with Gasteiger partial charge in [-0.2, -0.15) is 0 Å². The predicted octanol–water partition coefficient (Wildman–Crippen LogP) is 5.25. The molecule has 0 radical (unpaired) electrons. The van der Waals surface area contributed by atoms with Gasteiger partial charge in [-0.25, -0.2) is 4.39 Å². The number of aliphatic hydroxyl groups excluding tert-OH is 1. The van der Waals surface area contributed by atoms with Gasteiger partial charge < -0.3 is 14.4 Å². The van der Waals surface area contributed by atoms with E-state index in [1.165, 1.54) is 31.0 Å². The Morgan fingerprint density at radius 2 is 1.81 bits per heavy atom. The van der Waals surface area contributed by atoms with Crippen LogP contribution in [0.1, 0.15) is 43.4 Å². The Hall–Kier alpha value is -2.63. The maximum absolute atomic E-state index is 13.6. The molecule has 1 aliphatic carbocycles. The van der Waals surface area contributed by atoms with Crippen molar-refractivity contribution in [3.63, 3.8) is 0 Å². The van der Waals surface area contributed by atoms with Crippen molar-refractivity contribution in [3.8, 4) is 5.75 Å². The van der Waals surface area contributed by atoms with Crippen LogP contribution in [0.4, 0.5) is 4.39 Å². The minimum Gasteiger partial charge on any atom is -0.491 e. The zero-order valence-electron chi connectivity index (χ0n) is 18.6. The fourth-order valence-corrected chi connectivity index (χ4v) is 4.61. The number of para-hydroxylation sites is 1. The summed E-state index contributed by atoms with van der Waals surface area (Å²) in [6, 6.07) is 21.0. The summed E-state index contributed by atoms with van der Waals surface area (Å²) in [6.45, 7) is 2.24. The van der Waals surface area contributed by atoms with E-state index in [2.05, 4.69) is 15.5 Å². The molecular weight excluding hydrogens is 403 g/mol. The van der Waals surface area contributed by atoms with Crippen LogP contribution in [0.3, 0.4) is 0 Å². The Bertz CT molecular complexity index is 953. The van der Waals surface area contributed by atoms with Crippen molar-refractivity contribution in [1.29, 1.82) is 0 Å². The van der Waals surface area contributed by atoms with Crippen LogP contribution in [0.5, 0.6) is 5.75 Å². The lowest BCUT2D eigenvalue weighted by Gasteiger charge is -2.35. The molecule has 3 aromatic rings. The maximum atomic E-state index is 13.6. The highest BCUT2D eigenvalue weighted by Crippen LogP contribution is 2.25. The van der Waals surface area contributed by atoms with Crippen molar-refractivity contribution in [2.75, 3.05) is 13.2 Å². The molecule has 1 heterocycles. The van der Waals surface area contributed by atoms with Crippen LogP contribution in [0, 0.1) is 5.82 Å². The fraction of sp³-hybridized carbons (Fsp3) is 0.407. The number of aliphatic hydroxyl groups is 1. The fourth-order valence-electron chi connectivity index (χ4n) is 4.61. The third-order valence-electron chi connectivity index (χ3n) is 6.25. The topological polar surface area (TPSA) is 37.6 Å². The molecule has 32 heavy (non-hydrogen) atoms. The molecule has 0 saturated heterocycles. The van der Waals surface area contributed by atoms with Gasteiger partial charge in [-0.1, -0.05) is 49.6 Å². The standard InChI is InChI=1S/C27H33FN2O2/c28-23-10-7-9-22(17-23)18-29-16-8-13-25(29)19-30(24-11-3-1-4-12-24)20-26(31)21-32-27-14-5-2-6-15-27/h2,5-10,13-17,24,26,31H,1,3-4,11-12,18-21H2. The van der Waals surface area contributed by atoms with Crippen molar-refractivity contribution in [2.24, 2.45) is 0 Å². The summed E-state index contributed by atoms with van der Waals surface area (Å²) >= 11 is 0. The average Bonchev–Trinajstić information content (AvgIpc) is 3.25. The van der Waals surface area contributed by atoms with E-state index in [1.54, 1.807) is 12.1 Å². The molecule has 5 heteroatoms. The van der Waals surface area contributed by atoms with Crippen LogP contribution in [-0.2, 0) is 13.1 Å². The molecular formula is C27H33FN2O2. The molecule has 0 spiro atoms. The van der Waals surface area contributed by atoms with Crippen LogP contribution < -0.4 is 4.74 Å². The van der Waals surface area contributed by atoms with Crippen molar-refractivity contribution in [1.82, 2.24) is 9.47 Å². The molecule has 1 aliphatic rings. The third kappa shape index (κ3) is 6.44. The second kappa shape index (κ2) is 11.3. The first-order chi connectivity index (χ1) is 15.7. The van der Waals surface area contributed by atoms with Crippen LogP contribution in [0.2, 0.25) is 0 Å². The Kier molecular flexibility index (Phi) is 7.97. The normalized spacial score (nSPS) is 15.7. The summed E-state index contributed by atoms with van der Waals surface area (Å²) in [5, 5.41) is 10.8. The highest BCUT2D eigenvalue weighted by Gasteiger charge is 2.24. The first kappa shape index (κ1) is 22.6. The van der Waals surface area contributed by atoms with E-state index in [9.17, 15) is 9.50 Å². The minimum absolute atomic E-state index is 0.207. The summed E-state index contributed by atoms with van der Waals surface area (Å²) in [4.78, 5) is 2.41. The lowest BCUT2D eigenvalue weighted by molar-refractivity contribution is 0.0388. The van der Waals surface area contributed by atoms with E-state index >= 15 is 0 Å². The highest BCUT2D eigenvalue weighted by atomic mass is 19.1. The predicted molar refractivity (Wildman–Crippen MR) is 125 cm³/mol. The molecule has 1 atom stereocenters. The molecule has 4 rings (SSSR count). The van der Waals surface area contributed by atoms with Gasteiger partial charge in [0.1, 0.15) is 24.3 Å². The lowest BCUT2D eigenvalue weighted by Crippen LogP contribution is -2.43. The van der Waals surface area contributed by atoms with Crippen LogP contribution in [0.25, 0.3) is 0 Å². The summed E-state index contributed by atoms with van der Waals surface area (Å²) in [7, 11) is 0. The van der Waals surface area contributed by atoms with Crippen molar-refractivity contribution >= 4 is 0 Å². The quantitative estimate of drug-likeness (QED) is 0.472. The van der Waals surface area contributed by atoms with E-state index < -0.39 is 6.10 Å². The van der Waals surface area contributed by atoms with Crippen molar-refractivity contribution in [3.05, 3.63) is 90.0 Å². The molecule has 1 saturated carbocycles. The highest BCUT2D eigenvalue weighted by molar-refractivity contribution is 5.21. The van der Waals surface area contributed by atoms with Crippen LogP contribution >= 0.6 is 0 Å². The molecule has 4 nitrogen and oxygen atoms in total. The van der Waals surface area contributed by atoms with E-state index in [-0.39, 0.29) is 12.4 Å². The Labute approximate surface area is 190 Å². The summed E-state index contributed by atoms with van der Waals surface area (Å²) in [5.74, 6) is 0.571. The molecule has 1 unspecified atom stereocenters. The number of nitrogens with zero attached hydrogens (tertiary/aromatic N) is 2. The SMILES string of the molecule is OC(COc1ccccc1)CN(Cc1cccn1Cc1cccc(F)c1)C1CCCCC1. The molecule has 0 bridgehead atoms. The monoisotopic (exact) mass is 436 g/mol. The van der Waals surface area contributed by atoms with Crippen molar-refractivity contribution < 1.29 is 14.2 Å². The van der Waals surface area contributed by atoms with Crippen LogP contribution in [0.15, 0.2) is 72.9 Å². The van der Waals surface area contributed by atoms with Gasteiger partial charge in [-0.05, 0) is 54.8 Å². The second-order valence-electron chi connectivity index (χ2n) is 8.76. The van der Waals surface area contributed by atoms with E-state index in [0.29, 0.717) is 19.1 Å². The molecule has 2 aromatic carbocycles. The number of aromatic nitrogens is 1. The average molecular weight is 437 g/mol. The van der Waals surface area contributed by atoms with Gasteiger partial charge in [0, 0.05) is 37.6 Å². The Morgan fingerprint density at radius 1 is 1.00 bits per heavy atom. The van der Waals surface area contributed by atoms with Gasteiger partial charge in [-0.15, -0.1) is 0 Å². The molecule has 0 amide bonds. The first-order valence-corrected chi connectivity index (χ1v) is 11.7. The van der Waals surface area contributed by atoms with Gasteiger partial charge in [0.2, 0.25) is 0 Å². The Morgan fingerprint density at radius 3 is 2.59 bits per heavy atom. The smallest absolute Gasteiger partial charge is 0.123 e. The molecule has 1 fully saturated rings. The zero-order chi connectivity index (χ0) is 22.2. The number of hydrogen-bond acceptors (Lipinski definition) is 3. The van der Waals surface area contributed by atoms with Crippen LogP contribution in [-0.4, -0.2) is 39.9 Å². The minimum atomic E-state index is -0.566. The summed E-state index contributed by atoms with van der Waals surface area (Å²) in [6.07, 6.45) is 7.58.